The molecule has 10 heteroatoms. The molecule has 4 aromatic heterocycles. The van der Waals surface area contributed by atoms with Gasteiger partial charge in [0.1, 0.15) is 17.2 Å². The molecule has 5 rings (SSSR count). The summed E-state index contributed by atoms with van der Waals surface area (Å²) in [5.74, 6) is 1.25. The Morgan fingerprint density at radius 2 is 1.97 bits per heavy atom. The van der Waals surface area contributed by atoms with Gasteiger partial charge in [0, 0.05) is 62.0 Å². The fraction of sp³-hybridized carbons (Fsp3) is 0.240. The van der Waals surface area contributed by atoms with Gasteiger partial charge in [0.15, 0.2) is 0 Å². The van der Waals surface area contributed by atoms with Crippen LogP contribution in [0.5, 0.6) is 0 Å². The number of imidazole rings is 2. The quantitative estimate of drug-likeness (QED) is 0.375. The van der Waals surface area contributed by atoms with E-state index < -0.39 is 0 Å². The van der Waals surface area contributed by atoms with Crippen molar-refractivity contribution in [2.75, 3.05) is 11.9 Å². The van der Waals surface area contributed by atoms with Crippen molar-refractivity contribution >= 4 is 28.4 Å². The van der Waals surface area contributed by atoms with Crippen LogP contribution in [0.25, 0.3) is 22.3 Å². The number of carbonyl (C=O) groups is 1. The van der Waals surface area contributed by atoms with Crippen LogP contribution in [0.15, 0.2) is 55.4 Å². The molecule has 0 aliphatic rings. The number of aryl methyl sites for hydroxylation is 3. The fourth-order valence-corrected chi connectivity index (χ4v) is 4.07. The van der Waals surface area contributed by atoms with E-state index in [1.165, 1.54) is 0 Å². The van der Waals surface area contributed by atoms with Crippen LogP contribution in [0.1, 0.15) is 28.8 Å². The molecular formula is C25H27N9O. The number of hydrogen-bond donors (Lipinski definition) is 2. The van der Waals surface area contributed by atoms with E-state index in [2.05, 4.69) is 30.2 Å². The second-order valence-electron chi connectivity index (χ2n) is 8.53. The number of carbonyl (C=O) groups excluding carboxylic acids is 1. The molecule has 0 bridgehead atoms. The van der Waals surface area contributed by atoms with Crippen LogP contribution < -0.4 is 5.32 Å². The fourth-order valence-electron chi connectivity index (χ4n) is 4.07. The highest BCUT2D eigenvalue weighted by molar-refractivity contribution is 5.99. The zero-order valence-corrected chi connectivity index (χ0v) is 20.1. The number of benzene rings is 1. The Balaban J connectivity index is 1.40. The lowest BCUT2D eigenvalue weighted by Crippen LogP contribution is -2.31. The highest BCUT2D eigenvalue weighted by atomic mass is 16.2. The number of H-pyrrole nitrogens is 1. The van der Waals surface area contributed by atoms with Crippen LogP contribution in [0.2, 0.25) is 0 Å². The summed E-state index contributed by atoms with van der Waals surface area (Å²) in [6.07, 6.45) is 8.98. The van der Waals surface area contributed by atoms with Gasteiger partial charge in [-0.3, -0.25) is 4.79 Å². The highest BCUT2D eigenvalue weighted by Gasteiger charge is 2.19. The van der Waals surface area contributed by atoms with Crippen LogP contribution in [-0.4, -0.2) is 51.4 Å². The summed E-state index contributed by atoms with van der Waals surface area (Å²) in [6.45, 7) is 5.01. The molecule has 0 atom stereocenters. The molecule has 0 spiro atoms. The van der Waals surface area contributed by atoms with Crippen LogP contribution in [0, 0.1) is 6.92 Å². The lowest BCUT2D eigenvalue weighted by Gasteiger charge is -2.19. The first kappa shape index (κ1) is 22.3. The summed E-state index contributed by atoms with van der Waals surface area (Å²) in [4.78, 5) is 36.0. The van der Waals surface area contributed by atoms with Gasteiger partial charge in [-0.15, -0.1) is 0 Å². The lowest BCUT2D eigenvalue weighted by molar-refractivity contribution is 0.0742. The van der Waals surface area contributed by atoms with E-state index in [9.17, 15) is 4.79 Å². The molecule has 1 aromatic carbocycles. The molecular weight excluding hydrogens is 442 g/mol. The third kappa shape index (κ3) is 4.50. The molecule has 0 saturated heterocycles. The van der Waals surface area contributed by atoms with Crippen molar-refractivity contribution in [1.29, 1.82) is 0 Å². The number of nitrogens with one attached hydrogen (secondary N) is 2. The zero-order valence-electron chi connectivity index (χ0n) is 20.1. The zero-order chi connectivity index (χ0) is 24.5. The second kappa shape index (κ2) is 9.05. The molecule has 0 unspecified atom stereocenters. The molecule has 5 aromatic rings. The van der Waals surface area contributed by atoms with Crippen LogP contribution in [-0.2, 0) is 20.6 Å². The molecule has 0 radical (unpaired) electrons. The van der Waals surface area contributed by atoms with Gasteiger partial charge in [-0.1, -0.05) is 0 Å². The van der Waals surface area contributed by atoms with E-state index in [-0.39, 0.29) is 5.91 Å². The average Bonchev–Trinajstić information content (AvgIpc) is 3.57. The van der Waals surface area contributed by atoms with Gasteiger partial charge >= 0.3 is 0 Å². The number of nitrogens with zero attached hydrogens (tertiary/aromatic N) is 7. The molecule has 1 amide bonds. The Morgan fingerprint density at radius 3 is 2.69 bits per heavy atom. The minimum absolute atomic E-state index is 0.0630. The Hall–Kier alpha value is -4.47. The minimum atomic E-state index is -0.0630. The molecule has 0 aliphatic carbocycles. The largest absolute Gasteiger partial charge is 0.350 e. The number of fused-ring (bicyclic) bond motifs is 1. The van der Waals surface area contributed by atoms with Crippen molar-refractivity contribution < 1.29 is 4.79 Å². The number of amides is 1. The molecule has 35 heavy (non-hydrogen) atoms. The Morgan fingerprint density at radius 1 is 1.11 bits per heavy atom. The van der Waals surface area contributed by atoms with Gasteiger partial charge in [0.2, 0.25) is 5.95 Å². The number of hydrogen-bond acceptors (Lipinski definition) is 6. The summed E-state index contributed by atoms with van der Waals surface area (Å²) < 4.78 is 3.80. The summed E-state index contributed by atoms with van der Waals surface area (Å²) >= 11 is 0. The smallest absolute Gasteiger partial charge is 0.270 e. The van der Waals surface area contributed by atoms with Gasteiger partial charge < -0.3 is 24.3 Å². The first-order valence-electron chi connectivity index (χ1n) is 11.4. The number of rotatable bonds is 7. The standard InChI is InChI=1S/C25H27N9O/c1-5-34(14-22-26-8-9-33(22)4)24(35)20-12-17-11-18(10-16(2)23(17)30-20)29-25-27-7-6-19(31-25)21-13-32(3)15-28-21/h6-13,15,30H,5,14H2,1-4H3,(H,27,29,31). The maximum absolute atomic E-state index is 13.3. The second-order valence-corrected chi connectivity index (χ2v) is 8.53. The molecule has 0 saturated carbocycles. The van der Waals surface area contributed by atoms with E-state index in [0.717, 1.165) is 39.4 Å². The number of aromatic amines is 1. The predicted octanol–water partition coefficient (Wildman–Crippen LogP) is 3.81. The third-order valence-corrected chi connectivity index (χ3v) is 5.96. The maximum atomic E-state index is 13.3. The van der Waals surface area contributed by atoms with Gasteiger partial charge in [0.25, 0.3) is 5.91 Å². The van der Waals surface area contributed by atoms with Gasteiger partial charge in [0.05, 0.1) is 18.6 Å². The van der Waals surface area contributed by atoms with Gasteiger partial charge in [-0.05, 0) is 43.7 Å². The molecule has 10 nitrogen and oxygen atoms in total. The SMILES string of the molecule is CCN(Cc1nccn1C)C(=O)c1cc2cc(Nc3nccc(-c4cn(C)cn4)n3)cc(C)c2[nH]1. The molecule has 0 fully saturated rings. The van der Waals surface area contributed by atoms with Crippen molar-refractivity contribution in [1.82, 2.24) is 39.0 Å². The van der Waals surface area contributed by atoms with Crippen LogP contribution in [0.3, 0.4) is 0 Å². The normalized spacial score (nSPS) is 11.2. The van der Waals surface area contributed by atoms with Crippen molar-refractivity contribution in [3.05, 3.63) is 72.5 Å². The Kier molecular flexibility index (Phi) is 5.77. The molecule has 4 heterocycles. The highest BCUT2D eigenvalue weighted by Crippen LogP contribution is 2.27. The Labute approximate surface area is 202 Å². The van der Waals surface area contributed by atoms with E-state index in [0.29, 0.717) is 24.7 Å². The maximum Gasteiger partial charge on any atom is 0.270 e. The third-order valence-electron chi connectivity index (χ3n) is 5.96. The van der Waals surface area contributed by atoms with E-state index in [1.807, 2.05) is 73.7 Å². The van der Waals surface area contributed by atoms with Crippen molar-refractivity contribution in [2.24, 2.45) is 14.1 Å². The average molecular weight is 470 g/mol. The monoisotopic (exact) mass is 469 g/mol. The molecule has 2 N–H and O–H groups in total. The first-order chi connectivity index (χ1) is 16.9. The number of anilines is 2. The van der Waals surface area contributed by atoms with Gasteiger partial charge in [-0.2, -0.15) is 0 Å². The first-order valence-corrected chi connectivity index (χ1v) is 11.4. The van der Waals surface area contributed by atoms with Crippen molar-refractivity contribution in [3.8, 4) is 11.4 Å². The topological polar surface area (TPSA) is 110 Å². The summed E-state index contributed by atoms with van der Waals surface area (Å²) in [6, 6.07) is 7.72. The van der Waals surface area contributed by atoms with Crippen LogP contribution in [0.4, 0.5) is 11.6 Å². The lowest BCUT2D eigenvalue weighted by atomic mass is 10.1. The van der Waals surface area contributed by atoms with E-state index in [1.54, 1.807) is 23.6 Å². The molecule has 0 aliphatic heterocycles. The van der Waals surface area contributed by atoms with Crippen molar-refractivity contribution in [2.45, 2.75) is 20.4 Å². The van der Waals surface area contributed by atoms with Gasteiger partial charge in [-0.25, -0.2) is 19.9 Å². The summed E-state index contributed by atoms with van der Waals surface area (Å²) in [5.41, 5.74) is 4.84. The summed E-state index contributed by atoms with van der Waals surface area (Å²) in [7, 11) is 3.85. The summed E-state index contributed by atoms with van der Waals surface area (Å²) in [5, 5.41) is 4.22. The number of aromatic nitrogens is 7. The van der Waals surface area contributed by atoms with E-state index >= 15 is 0 Å². The molecule has 178 valence electrons. The van der Waals surface area contributed by atoms with E-state index in [4.69, 9.17) is 0 Å². The predicted molar refractivity (Wildman–Crippen MR) is 134 cm³/mol. The Bertz CT molecular complexity index is 1510. The van der Waals surface area contributed by atoms with Crippen molar-refractivity contribution in [3.63, 3.8) is 0 Å². The minimum Gasteiger partial charge on any atom is -0.350 e. The van der Waals surface area contributed by atoms with Crippen LogP contribution >= 0.6 is 0 Å².